The van der Waals surface area contributed by atoms with E-state index >= 15 is 0 Å². The van der Waals surface area contributed by atoms with Crippen LogP contribution in [0.25, 0.3) is 0 Å². The second-order valence-corrected chi connectivity index (χ2v) is 5.43. The third kappa shape index (κ3) is 3.58. The second kappa shape index (κ2) is 6.06. The second-order valence-electron chi connectivity index (χ2n) is 5.43. The minimum atomic E-state index is -0.505. The zero-order chi connectivity index (χ0) is 14.6. The third-order valence-corrected chi connectivity index (χ3v) is 3.31. The SMILES string of the molecule is COc1cccc(CC(C)(N)Cc2ccccc2)c1F. The predicted molar refractivity (Wildman–Crippen MR) is 79.4 cm³/mol. The molecule has 0 radical (unpaired) electrons. The van der Waals surface area contributed by atoms with Gasteiger partial charge in [0.15, 0.2) is 11.6 Å². The highest BCUT2D eigenvalue weighted by Crippen LogP contribution is 2.24. The van der Waals surface area contributed by atoms with E-state index in [0.717, 1.165) is 5.56 Å². The van der Waals surface area contributed by atoms with Gasteiger partial charge in [-0.2, -0.15) is 0 Å². The van der Waals surface area contributed by atoms with E-state index in [1.807, 2.05) is 37.3 Å². The quantitative estimate of drug-likeness (QED) is 0.907. The maximum atomic E-state index is 14.2. The largest absolute Gasteiger partial charge is 0.494 e. The first-order valence-electron chi connectivity index (χ1n) is 6.66. The van der Waals surface area contributed by atoms with Crippen molar-refractivity contribution in [2.24, 2.45) is 5.73 Å². The molecule has 2 rings (SSSR count). The third-order valence-electron chi connectivity index (χ3n) is 3.31. The number of halogens is 1. The van der Waals surface area contributed by atoms with Crippen LogP contribution < -0.4 is 10.5 Å². The normalized spacial score (nSPS) is 13.8. The van der Waals surface area contributed by atoms with Crippen molar-refractivity contribution in [3.63, 3.8) is 0 Å². The lowest BCUT2D eigenvalue weighted by Crippen LogP contribution is -2.41. The molecule has 2 nitrogen and oxygen atoms in total. The first-order valence-corrected chi connectivity index (χ1v) is 6.66. The van der Waals surface area contributed by atoms with Gasteiger partial charge in [-0.15, -0.1) is 0 Å². The first-order chi connectivity index (χ1) is 9.52. The molecule has 3 heteroatoms. The first kappa shape index (κ1) is 14.5. The van der Waals surface area contributed by atoms with Crippen molar-refractivity contribution in [3.05, 3.63) is 65.5 Å². The van der Waals surface area contributed by atoms with Gasteiger partial charge in [-0.05, 0) is 37.0 Å². The fraction of sp³-hybridized carbons (Fsp3) is 0.294. The molecule has 0 amide bonds. The van der Waals surface area contributed by atoms with Crippen LogP contribution in [0.15, 0.2) is 48.5 Å². The van der Waals surface area contributed by atoms with E-state index < -0.39 is 5.54 Å². The summed E-state index contributed by atoms with van der Waals surface area (Å²) in [6.45, 7) is 1.94. The number of ether oxygens (including phenoxy) is 1. The van der Waals surface area contributed by atoms with E-state index in [0.29, 0.717) is 18.4 Å². The minimum Gasteiger partial charge on any atom is -0.494 e. The number of nitrogens with two attached hydrogens (primary N) is 1. The van der Waals surface area contributed by atoms with E-state index in [4.69, 9.17) is 10.5 Å². The Hall–Kier alpha value is -1.87. The molecule has 0 aromatic heterocycles. The van der Waals surface area contributed by atoms with E-state index in [2.05, 4.69) is 0 Å². The molecule has 2 aromatic rings. The molecule has 0 spiro atoms. The summed E-state index contributed by atoms with van der Waals surface area (Å²) in [4.78, 5) is 0. The number of benzene rings is 2. The molecule has 20 heavy (non-hydrogen) atoms. The average molecular weight is 273 g/mol. The number of hydrogen-bond acceptors (Lipinski definition) is 2. The van der Waals surface area contributed by atoms with Crippen molar-refractivity contribution in [2.75, 3.05) is 7.11 Å². The number of methoxy groups -OCH3 is 1. The average Bonchev–Trinajstić information content (AvgIpc) is 2.41. The van der Waals surface area contributed by atoms with Gasteiger partial charge >= 0.3 is 0 Å². The number of hydrogen-bond donors (Lipinski definition) is 1. The summed E-state index contributed by atoms with van der Waals surface area (Å²) in [5.41, 5.74) is 7.57. The Morgan fingerprint density at radius 2 is 1.75 bits per heavy atom. The van der Waals surface area contributed by atoms with Crippen LogP contribution in [0, 0.1) is 5.82 Å². The zero-order valence-corrected chi connectivity index (χ0v) is 11.9. The molecule has 1 unspecified atom stereocenters. The van der Waals surface area contributed by atoms with Gasteiger partial charge in [0.05, 0.1) is 7.11 Å². The van der Waals surface area contributed by atoms with Crippen LogP contribution in [0.3, 0.4) is 0 Å². The van der Waals surface area contributed by atoms with E-state index in [-0.39, 0.29) is 11.6 Å². The van der Waals surface area contributed by atoms with Gasteiger partial charge in [-0.25, -0.2) is 4.39 Å². The van der Waals surface area contributed by atoms with Gasteiger partial charge in [-0.1, -0.05) is 42.5 Å². The van der Waals surface area contributed by atoms with Gasteiger partial charge in [0.25, 0.3) is 0 Å². The lowest BCUT2D eigenvalue weighted by atomic mass is 9.87. The van der Waals surface area contributed by atoms with Crippen LogP contribution in [0.5, 0.6) is 5.75 Å². The van der Waals surface area contributed by atoms with Crippen molar-refractivity contribution in [1.82, 2.24) is 0 Å². The summed E-state index contributed by atoms with van der Waals surface area (Å²) in [6, 6.07) is 15.2. The summed E-state index contributed by atoms with van der Waals surface area (Å²) in [6.07, 6.45) is 1.16. The Bertz CT molecular complexity index is 566. The van der Waals surface area contributed by atoms with E-state index in [9.17, 15) is 4.39 Å². The summed E-state index contributed by atoms with van der Waals surface area (Å²) in [7, 11) is 1.47. The Morgan fingerprint density at radius 1 is 1.05 bits per heavy atom. The molecule has 2 N–H and O–H groups in total. The highest BCUT2D eigenvalue weighted by molar-refractivity contribution is 5.32. The molecule has 1 atom stereocenters. The molecule has 0 aliphatic heterocycles. The summed E-state index contributed by atoms with van der Waals surface area (Å²) in [5.74, 6) is -0.0576. The monoisotopic (exact) mass is 273 g/mol. The van der Waals surface area contributed by atoms with Crippen LogP contribution in [-0.4, -0.2) is 12.6 Å². The molecule has 0 aliphatic rings. The fourth-order valence-corrected chi connectivity index (χ4v) is 2.41. The van der Waals surface area contributed by atoms with Crippen molar-refractivity contribution in [2.45, 2.75) is 25.3 Å². The standard InChI is InChI=1S/C17H20FNO/c1-17(19,11-13-7-4-3-5-8-13)12-14-9-6-10-15(20-2)16(14)18/h3-10H,11-12,19H2,1-2H3. The van der Waals surface area contributed by atoms with E-state index in [1.54, 1.807) is 18.2 Å². The van der Waals surface area contributed by atoms with Gasteiger partial charge < -0.3 is 10.5 Å². The van der Waals surface area contributed by atoms with Crippen molar-refractivity contribution in [3.8, 4) is 5.75 Å². The van der Waals surface area contributed by atoms with Crippen molar-refractivity contribution in [1.29, 1.82) is 0 Å². The molecule has 0 fully saturated rings. The molecule has 0 saturated carbocycles. The van der Waals surface area contributed by atoms with Crippen molar-refractivity contribution >= 4 is 0 Å². The molecular formula is C17H20FNO. The zero-order valence-electron chi connectivity index (χ0n) is 11.9. The Morgan fingerprint density at radius 3 is 2.40 bits per heavy atom. The highest BCUT2D eigenvalue weighted by Gasteiger charge is 2.22. The summed E-state index contributed by atoms with van der Waals surface area (Å²) < 4.78 is 19.2. The van der Waals surface area contributed by atoms with Crippen LogP contribution in [0.1, 0.15) is 18.1 Å². The van der Waals surface area contributed by atoms with Crippen molar-refractivity contribution < 1.29 is 9.13 Å². The highest BCUT2D eigenvalue weighted by atomic mass is 19.1. The Balaban J connectivity index is 2.16. The van der Waals surface area contributed by atoms with Gasteiger partial charge in [-0.3, -0.25) is 0 Å². The molecule has 106 valence electrons. The molecule has 0 saturated heterocycles. The van der Waals surface area contributed by atoms with Crippen LogP contribution in [-0.2, 0) is 12.8 Å². The molecular weight excluding hydrogens is 253 g/mol. The van der Waals surface area contributed by atoms with Crippen LogP contribution in [0.2, 0.25) is 0 Å². The summed E-state index contributed by atoms with van der Waals surface area (Å²) in [5, 5.41) is 0. The Kier molecular flexibility index (Phi) is 4.40. The lowest BCUT2D eigenvalue weighted by Gasteiger charge is -2.25. The predicted octanol–water partition coefficient (Wildman–Crippen LogP) is 3.34. The van der Waals surface area contributed by atoms with Gasteiger partial charge in [0, 0.05) is 5.54 Å². The smallest absolute Gasteiger partial charge is 0.168 e. The molecule has 0 bridgehead atoms. The van der Waals surface area contributed by atoms with Gasteiger partial charge in [0.1, 0.15) is 0 Å². The minimum absolute atomic E-state index is 0.262. The topological polar surface area (TPSA) is 35.2 Å². The fourth-order valence-electron chi connectivity index (χ4n) is 2.41. The number of rotatable bonds is 5. The summed E-state index contributed by atoms with van der Waals surface area (Å²) >= 11 is 0. The maximum absolute atomic E-state index is 14.2. The molecule has 0 heterocycles. The Labute approximate surface area is 119 Å². The maximum Gasteiger partial charge on any atom is 0.168 e. The van der Waals surface area contributed by atoms with Crippen LogP contribution >= 0.6 is 0 Å². The lowest BCUT2D eigenvalue weighted by molar-refractivity contribution is 0.379. The van der Waals surface area contributed by atoms with E-state index in [1.165, 1.54) is 7.11 Å². The van der Waals surface area contributed by atoms with Crippen LogP contribution in [0.4, 0.5) is 4.39 Å². The molecule has 0 aliphatic carbocycles. The molecule has 2 aromatic carbocycles. The van der Waals surface area contributed by atoms with Gasteiger partial charge in [0.2, 0.25) is 0 Å².